The van der Waals surface area contributed by atoms with Gasteiger partial charge in [-0.2, -0.15) is 0 Å². The monoisotopic (exact) mass is 201 g/mol. The molecule has 1 saturated carbocycles. The lowest BCUT2D eigenvalue weighted by Crippen LogP contribution is -2.31. The van der Waals surface area contributed by atoms with E-state index >= 15 is 0 Å². The first-order valence-corrected chi connectivity index (χ1v) is 6.80. The Hall–Kier alpha value is 0.110. The van der Waals surface area contributed by atoms with Crippen LogP contribution in [0.5, 0.6) is 0 Å². The summed E-state index contributed by atoms with van der Waals surface area (Å²) in [6.45, 7) is 5.72. The molecule has 3 heteroatoms. The molecule has 2 nitrogen and oxygen atoms in total. The van der Waals surface area contributed by atoms with Gasteiger partial charge in [0.1, 0.15) is 0 Å². The van der Waals surface area contributed by atoms with Crippen LogP contribution in [0.15, 0.2) is 0 Å². The number of rotatable bonds is 2. The SMILES string of the molecule is CC1CN(CC2CC2)CCS(=O)C1. The molecule has 0 spiro atoms. The van der Waals surface area contributed by atoms with Gasteiger partial charge in [-0.3, -0.25) is 4.21 Å². The molecule has 0 aromatic carbocycles. The molecule has 76 valence electrons. The summed E-state index contributed by atoms with van der Waals surface area (Å²) in [7, 11) is -0.544. The maximum Gasteiger partial charge on any atom is 0.0362 e. The number of nitrogens with zero attached hydrogens (tertiary/aromatic N) is 1. The van der Waals surface area contributed by atoms with Crippen molar-refractivity contribution in [2.75, 3.05) is 31.1 Å². The second-order valence-electron chi connectivity index (χ2n) is 4.62. The molecular weight excluding hydrogens is 182 g/mol. The molecule has 1 aliphatic heterocycles. The summed E-state index contributed by atoms with van der Waals surface area (Å²) in [4.78, 5) is 2.52. The lowest BCUT2D eigenvalue weighted by atomic mass is 10.2. The van der Waals surface area contributed by atoms with Crippen LogP contribution in [-0.4, -0.2) is 40.2 Å². The molecule has 0 bridgehead atoms. The largest absolute Gasteiger partial charge is 0.302 e. The van der Waals surface area contributed by atoms with Gasteiger partial charge in [0.05, 0.1) is 0 Å². The van der Waals surface area contributed by atoms with Crippen LogP contribution >= 0.6 is 0 Å². The predicted octanol–water partition coefficient (Wildman–Crippen LogP) is 1.10. The van der Waals surface area contributed by atoms with Crippen LogP contribution in [-0.2, 0) is 10.8 Å². The quantitative estimate of drug-likeness (QED) is 0.667. The first kappa shape index (κ1) is 9.66. The van der Waals surface area contributed by atoms with Crippen LogP contribution in [0.3, 0.4) is 0 Å². The minimum absolute atomic E-state index is 0.544. The molecule has 2 fully saturated rings. The van der Waals surface area contributed by atoms with E-state index in [2.05, 4.69) is 11.8 Å². The van der Waals surface area contributed by atoms with Crippen LogP contribution < -0.4 is 0 Å². The van der Waals surface area contributed by atoms with Crippen LogP contribution in [0.4, 0.5) is 0 Å². The van der Waals surface area contributed by atoms with Gasteiger partial charge >= 0.3 is 0 Å². The van der Waals surface area contributed by atoms with Crippen molar-refractivity contribution in [1.29, 1.82) is 0 Å². The second kappa shape index (κ2) is 4.09. The van der Waals surface area contributed by atoms with Gasteiger partial charge < -0.3 is 4.90 Å². The maximum absolute atomic E-state index is 11.4. The van der Waals surface area contributed by atoms with Gasteiger partial charge in [0.2, 0.25) is 0 Å². The van der Waals surface area contributed by atoms with Crippen LogP contribution in [0, 0.1) is 11.8 Å². The average molecular weight is 201 g/mol. The molecule has 1 aliphatic carbocycles. The zero-order chi connectivity index (χ0) is 9.26. The third-order valence-electron chi connectivity index (χ3n) is 2.89. The molecule has 0 radical (unpaired) electrons. The van der Waals surface area contributed by atoms with Crippen molar-refractivity contribution in [2.45, 2.75) is 19.8 Å². The first-order chi connectivity index (χ1) is 6.24. The summed E-state index contributed by atoms with van der Waals surface area (Å²) >= 11 is 0. The molecule has 1 saturated heterocycles. The normalized spacial score (nSPS) is 37.3. The van der Waals surface area contributed by atoms with Gasteiger partial charge in [0.25, 0.3) is 0 Å². The Kier molecular flexibility index (Phi) is 3.04. The zero-order valence-corrected chi connectivity index (χ0v) is 9.18. The molecule has 2 aliphatic rings. The van der Waals surface area contributed by atoms with Crippen molar-refractivity contribution in [1.82, 2.24) is 4.90 Å². The van der Waals surface area contributed by atoms with Crippen molar-refractivity contribution in [2.24, 2.45) is 11.8 Å². The van der Waals surface area contributed by atoms with Crippen molar-refractivity contribution in [3.05, 3.63) is 0 Å². The van der Waals surface area contributed by atoms with E-state index in [4.69, 9.17) is 0 Å². The molecule has 13 heavy (non-hydrogen) atoms. The van der Waals surface area contributed by atoms with Crippen molar-refractivity contribution in [3.63, 3.8) is 0 Å². The third kappa shape index (κ3) is 3.06. The molecule has 0 amide bonds. The minimum atomic E-state index is -0.544. The smallest absolute Gasteiger partial charge is 0.0362 e. The fraction of sp³-hybridized carbons (Fsp3) is 1.00. The summed E-state index contributed by atoms with van der Waals surface area (Å²) in [6, 6.07) is 0. The summed E-state index contributed by atoms with van der Waals surface area (Å²) < 4.78 is 11.4. The molecular formula is C10H19NOS. The van der Waals surface area contributed by atoms with Crippen molar-refractivity contribution >= 4 is 10.8 Å². The highest BCUT2D eigenvalue weighted by molar-refractivity contribution is 7.85. The van der Waals surface area contributed by atoms with Crippen LogP contribution in [0.2, 0.25) is 0 Å². The number of hydrogen-bond donors (Lipinski definition) is 0. The highest BCUT2D eigenvalue weighted by Crippen LogP contribution is 2.30. The van der Waals surface area contributed by atoms with Gasteiger partial charge in [-0.1, -0.05) is 6.92 Å². The lowest BCUT2D eigenvalue weighted by molar-refractivity contribution is 0.255. The molecule has 2 atom stereocenters. The third-order valence-corrected chi connectivity index (χ3v) is 4.47. The van der Waals surface area contributed by atoms with E-state index in [1.165, 1.54) is 25.9 Å². The Balaban J connectivity index is 1.84. The highest BCUT2D eigenvalue weighted by Gasteiger charge is 2.26. The summed E-state index contributed by atoms with van der Waals surface area (Å²) in [5.74, 6) is 3.42. The zero-order valence-electron chi connectivity index (χ0n) is 8.37. The van der Waals surface area contributed by atoms with Gasteiger partial charge in [-0.25, -0.2) is 0 Å². The van der Waals surface area contributed by atoms with E-state index in [1.807, 2.05) is 0 Å². The topological polar surface area (TPSA) is 20.3 Å². The maximum atomic E-state index is 11.4. The van der Waals surface area contributed by atoms with E-state index in [9.17, 15) is 4.21 Å². The Bertz CT molecular complexity index is 203. The molecule has 0 aromatic rings. The summed E-state index contributed by atoms with van der Waals surface area (Å²) in [5.41, 5.74) is 0. The second-order valence-corrected chi connectivity index (χ2v) is 6.24. The van der Waals surface area contributed by atoms with Crippen LogP contribution in [0.25, 0.3) is 0 Å². The Morgan fingerprint density at radius 3 is 2.92 bits per heavy atom. The van der Waals surface area contributed by atoms with E-state index in [1.54, 1.807) is 0 Å². The minimum Gasteiger partial charge on any atom is -0.302 e. The van der Waals surface area contributed by atoms with E-state index in [0.717, 1.165) is 24.0 Å². The van der Waals surface area contributed by atoms with Crippen LogP contribution in [0.1, 0.15) is 19.8 Å². The molecule has 2 unspecified atom stereocenters. The van der Waals surface area contributed by atoms with Crippen molar-refractivity contribution in [3.8, 4) is 0 Å². The summed E-state index contributed by atoms with van der Waals surface area (Å²) in [6.07, 6.45) is 2.85. The first-order valence-electron chi connectivity index (χ1n) is 5.31. The van der Waals surface area contributed by atoms with Crippen molar-refractivity contribution < 1.29 is 4.21 Å². The molecule has 2 rings (SSSR count). The Labute approximate surface area is 83.1 Å². The van der Waals surface area contributed by atoms with E-state index < -0.39 is 10.8 Å². The van der Waals surface area contributed by atoms with Gasteiger partial charge in [0, 0.05) is 41.9 Å². The van der Waals surface area contributed by atoms with E-state index in [-0.39, 0.29) is 0 Å². The number of hydrogen-bond acceptors (Lipinski definition) is 2. The lowest BCUT2D eigenvalue weighted by Gasteiger charge is -2.21. The summed E-state index contributed by atoms with van der Waals surface area (Å²) in [5, 5.41) is 0. The van der Waals surface area contributed by atoms with Gasteiger partial charge in [-0.05, 0) is 24.7 Å². The van der Waals surface area contributed by atoms with Gasteiger partial charge in [0.15, 0.2) is 0 Å². The average Bonchev–Trinajstić information content (AvgIpc) is 2.83. The predicted molar refractivity (Wildman–Crippen MR) is 56.2 cm³/mol. The fourth-order valence-electron chi connectivity index (χ4n) is 2.05. The standard InChI is InChI=1S/C10H19NOS/c1-9-6-11(7-10-2-3-10)4-5-13(12)8-9/h9-10H,2-8H2,1H3. The Morgan fingerprint density at radius 2 is 2.23 bits per heavy atom. The molecule has 1 heterocycles. The van der Waals surface area contributed by atoms with Gasteiger partial charge in [-0.15, -0.1) is 0 Å². The van der Waals surface area contributed by atoms with E-state index in [0.29, 0.717) is 5.92 Å². The highest BCUT2D eigenvalue weighted by atomic mass is 32.2. The molecule has 0 N–H and O–H groups in total. The fourth-order valence-corrected chi connectivity index (χ4v) is 3.42. The molecule has 0 aromatic heterocycles. The Morgan fingerprint density at radius 1 is 1.46 bits per heavy atom.